The number of ether oxygens (including phenoxy) is 1. The van der Waals surface area contributed by atoms with Crippen LogP contribution >= 0.6 is 15.9 Å². The third-order valence-electron chi connectivity index (χ3n) is 2.77. The molecule has 21 heavy (non-hydrogen) atoms. The number of carbonyl (C=O) groups excluding carboxylic acids is 1. The summed E-state index contributed by atoms with van der Waals surface area (Å²) in [6.07, 6.45) is 0.961. The highest BCUT2D eigenvalue weighted by Gasteiger charge is 2.08. The van der Waals surface area contributed by atoms with Crippen molar-refractivity contribution in [2.75, 3.05) is 17.7 Å². The first-order chi connectivity index (χ1) is 10.1. The lowest BCUT2D eigenvalue weighted by atomic mass is 10.2. The largest absolute Gasteiger partial charge is 0.494 e. The fourth-order valence-electron chi connectivity index (χ4n) is 1.80. The van der Waals surface area contributed by atoms with E-state index in [1.165, 1.54) is 0 Å². The van der Waals surface area contributed by atoms with Gasteiger partial charge in [0.1, 0.15) is 5.75 Å². The minimum absolute atomic E-state index is 0.203. The number of anilines is 2. The third-order valence-corrected chi connectivity index (χ3v) is 3.23. The number of nitrogens with one attached hydrogen (secondary N) is 1. The molecule has 0 saturated heterocycles. The summed E-state index contributed by atoms with van der Waals surface area (Å²) >= 11 is 3.32. The van der Waals surface area contributed by atoms with Gasteiger partial charge >= 0.3 is 0 Å². The predicted octanol–water partition coefficient (Wildman–Crippen LogP) is 4.07. The highest BCUT2D eigenvalue weighted by atomic mass is 79.9. The first kappa shape index (κ1) is 15.4. The summed E-state index contributed by atoms with van der Waals surface area (Å²) in [6, 6.07) is 12.4. The lowest BCUT2D eigenvalue weighted by Gasteiger charge is -2.08. The molecule has 0 spiro atoms. The minimum Gasteiger partial charge on any atom is -0.494 e. The number of halogens is 1. The van der Waals surface area contributed by atoms with Gasteiger partial charge in [-0.25, -0.2) is 0 Å². The average molecular weight is 349 g/mol. The summed E-state index contributed by atoms with van der Waals surface area (Å²) in [5.74, 6) is 0.590. The molecule has 0 fully saturated rings. The zero-order valence-electron chi connectivity index (χ0n) is 11.7. The summed E-state index contributed by atoms with van der Waals surface area (Å²) in [4.78, 5) is 12.2. The van der Waals surface area contributed by atoms with E-state index in [-0.39, 0.29) is 5.91 Å². The molecular weight excluding hydrogens is 332 g/mol. The highest BCUT2D eigenvalue weighted by Crippen LogP contribution is 2.20. The van der Waals surface area contributed by atoms with E-state index in [0.717, 1.165) is 16.6 Å². The Hall–Kier alpha value is -2.01. The van der Waals surface area contributed by atoms with E-state index in [4.69, 9.17) is 10.5 Å². The van der Waals surface area contributed by atoms with Gasteiger partial charge in [0.25, 0.3) is 5.91 Å². The molecule has 0 aromatic heterocycles. The molecule has 110 valence electrons. The van der Waals surface area contributed by atoms with Crippen LogP contribution in [0.5, 0.6) is 5.75 Å². The normalized spacial score (nSPS) is 10.2. The third kappa shape index (κ3) is 4.49. The second-order valence-corrected chi connectivity index (χ2v) is 5.52. The topological polar surface area (TPSA) is 64.3 Å². The predicted molar refractivity (Wildman–Crippen MR) is 88.7 cm³/mol. The van der Waals surface area contributed by atoms with Crippen molar-refractivity contribution < 1.29 is 9.53 Å². The Morgan fingerprint density at radius 2 is 1.95 bits per heavy atom. The van der Waals surface area contributed by atoms with Crippen LogP contribution in [0.15, 0.2) is 46.9 Å². The Bertz CT molecular complexity index is 606. The van der Waals surface area contributed by atoms with Crippen LogP contribution in [0, 0.1) is 0 Å². The van der Waals surface area contributed by atoms with Gasteiger partial charge in [0, 0.05) is 21.4 Å². The summed E-state index contributed by atoms with van der Waals surface area (Å²) < 4.78 is 6.27. The van der Waals surface area contributed by atoms with Crippen LogP contribution in [0.4, 0.5) is 11.4 Å². The molecule has 4 nitrogen and oxygen atoms in total. The number of benzene rings is 2. The van der Waals surface area contributed by atoms with E-state index >= 15 is 0 Å². The number of hydrogen-bond donors (Lipinski definition) is 2. The van der Waals surface area contributed by atoms with Crippen molar-refractivity contribution in [3.63, 3.8) is 0 Å². The van der Waals surface area contributed by atoms with Gasteiger partial charge in [-0.15, -0.1) is 0 Å². The van der Waals surface area contributed by atoms with Crippen molar-refractivity contribution in [3.05, 3.63) is 52.5 Å². The first-order valence-corrected chi connectivity index (χ1v) is 7.48. The van der Waals surface area contributed by atoms with Crippen LogP contribution in [0.1, 0.15) is 23.7 Å². The van der Waals surface area contributed by atoms with Crippen molar-refractivity contribution >= 4 is 33.2 Å². The van der Waals surface area contributed by atoms with Crippen LogP contribution in [0.2, 0.25) is 0 Å². The van der Waals surface area contributed by atoms with Gasteiger partial charge < -0.3 is 15.8 Å². The lowest BCUT2D eigenvalue weighted by molar-refractivity contribution is 0.102. The maximum Gasteiger partial charge on any atom is 0.255 e. The van der Waals surface area contributed by atoms with Crippen molar-refractivity contribution in [2.24, 2.45) is 0 Å². The van der Waals surface area contributed by atoms with Crippen LogP contribution in [-0.2, 0) is 0 Å². The summed E-state index contributed by atoms with van der Waals surface area (Å²) in [7, 11) is 0. The molecule has 0 aliphatic heterocycles. The maximum absolute atomic E-state index is 12.2. The van der Waals surface area contributed by atoms with E-state index in [1.807, 2.05) is 24.3 Å². The van der Waals surface area contributed by atoms with Crippen molar-refractivity contribution in [1.29, 1.82) is 0 Å². The number of nitrogen functional groups attached to an aromatic ring is 1. The Kier molecular flexibility index (Phi) is 5.22. The molecule has 0 heterocycles. The Morgan fingerprint density at radius 1 is 1.24 bits per heavy atom. The summed E-state index contributed by atoms with van der Waals surface area (Å²) in [5.41, 5.74) is 7.49. The van der Waals surface area contributed by atoms with Crippen molar-refractivity contribution in [3.8, 4) is 5.75 Å². The summed E-state index contributed by atoms with van der Waals surface area (Å²) in [5, 5.41) is 2.83. The van der Waals surface area contributed by atoms with E-state index in [9.17, 15) is 4.79 Å². The van der Waals surface area contributed by atoms with Gasteiger partial charge in [0.05, 0.1) is 6.61 Å². The minimum atomic E-state index is -0.203. The van der Waals surface area contributed by atoms with Gasteiger partial charge in [0.15, 0.2) is 0 Å². The molecule has 0 atom stereocenters. The van der Waals surface area contributed by atoms with Gasteiger partial charge in [-0.05, 0) is 48.9 Å². The van der Waals surface area contributed by atoms with Crippen LogP contribution in [-0.4, -0.2) is 12.5 Å². The molecule has 0 radical (unpaired) electrons. The lowest BCUT2D eigenvalue weighted by Crippen LogP contribution is -2.12. The highest BCUT2D eigenvalue weighted by molar-refractivity contribution is 9.10. The average Bonchev–Trinajstić information content (AvgIpc) is 2.45. The van der Waals surface area contributed by atoms with E-state index in [1.54, 1.807) is 18.2 Å². The van der Waals surface area contributed by atoms with Gasteiger partial charge in [-0.3, -0.25) is 4.79 Å². The molecule has 2 aromatic carbocycles. The zero-order valence-corrected chi connectivity index (χ0v) is 13.3. The number of amides is 1. The van der Waals surface area contributed by atoms with Gasteiger partial charge in [-0.1, -0.05) is 22.9 Å². The van der Waals surface area contributed by atoms with E-state index in [0.29, 0.717) is 23.5 Å². The molecule has 0 bridgehead atoms. The Morgan fingerprint density at radius 3 is 2.57 bits per heavy atom. The SMILES string of the molecule is CCCOc1ccc(NC(=O)c2cc(N)cc(Br)c2)cc1. The van der Waals surface area contributed by atoms with Crippen LogP contribution in [0.3, 0.4) is 0 Å². The molecule has 2 rings (SSSR count). The number of carbonyl (C=O) groups is 1. The maximum atomic E-state index is 12.2. The molecule has 3 N–H and O–H groups in total. The van der Waals surface area contributed by atoms with Gasteiger partial charge in [-0.2, -0.15) is 0 Å². The Labute approximate surface area is 132 Å². The van der Waals surface area contributed by atoms with Crippen molar-refractivity contribution in [1.82, 2.24) is 0 Å². The molecule has 1 amide bonds. The molecule has 0 unspecified atom stereocenters. The smallest absolute Gasteiger partial charge is 0.255 e. The number of rotatable bonds is 5. The molecule has 2 aromatic rings. The molecule has 0 saturated carbocycles. The van der Waals surface area contributed by atoms with E-state index < -0.39 is 0 Å². The fourth-order valence-corrected chi connectivity index (χ4v) is 2.31. The standard InChI is InChI=1S/C16H17BrN2O2/c1-2-7-21-15-5-3-14(4-6-15)19-16(20)11-8-12(17)10-13(18)9-11/h3-6,8-10H,2,7,18H2,1H3,(H,19,20). The quantitative estimate of drug-likeness (QED) is 0.800. The second-order valence-electron chi connectivity index (χ2n) is 4.60. The van der Waals surface area contributed by atoms with Crippen molar-refractivity contribution in [2.45, 2.75) is 13.3 Å². The molecule has 5 heteroatoms. The number of hydrogen-bond acceptors (Lipinski definition) is 3. The van der Waals surface area contributed by atoms with Crippen LogP contribution in [0.25, 0.3) is 0 Å². The van der Waals surface area contributed by atoms with E-state index in [2.05, 4.69) is 28.2 Å². The molecule has 0 aliphatic rings. The zero-order chi connectivity index (χ0) is 15.2. The first-order valence-electron chi connectivity index (χ1n) is 6.69. The fraction of sp³-hybridized carbons (Fsp3) is 0.188. The van der Waals surface area contributed by atoms with Crippen LogP contribution < -0.4 is 15.8 Å². The molecule has 0 aliphatic carbocycles. The second kappa shape index (κ2) is 7.13. The summed E-state index contributed by atoms with van der Waals surface area (Å²) in [6.45, 7) is 2.74. The Balaban J connectivity index is 2.05. The monoisotopic (exact) mass is 348 g/mol. The number of nitrogens with two attached hydrogens (primary N) is 1. The molecular formula is C16H17BrN2O2. The van der Waals surface area contributed by atoms with Gasteiger partial charge in [0.2, 0.25) is 0 Å².